The van der Waals surface area contributed by atoms with Crippen molar-refractivity contribution in [1.29, 1.82) is 5.26 Å². The van der Waals surface area contributed by atoms with Gasteiger partial charge in [-0.1, -0.05) is 0 Å². The summed E-state index contributed by atoms with van der Waals surface area (Å²) in [6, 6.07) is 3.90. The monoisotopic (exact) mass is 624 g/mol. The van der Waals surface area contributed by atoms with Crippen LogP contribution in [0.2, 0.25) is 0 Å². The van der Waals surface area contributed by atoms with Crippen molar-refractivity contribution in [3.05, 3.63) is 53.7 Å². The molecule has 1 aromatic carbocycles. The van der Waals surface area contributed by atoms with Crippen LogP contribution in [0.3, 0.4) is 0 Å². The Bertz CT molecular complexity index is 1800. The lowest BCUT2D eigenvalue weighted by molar-refractivity contribution is -0.141. The van der Waals surface area contributed by atoms with E-state index in [-0.39, 0.29) is 64.2 Å². The zero-order chi connectivity index (χ0) is 32.3. The van der Waals surface area contributed by atoms with Crippen molar-refractivity contribution in [2.45, 2.75) is 32.6 Å². The highest BCUT2D eigenvalue weighted by Crippen LogP contribution is 2.38. The number of fused-ring (bicyclic) bond motifs is 1. The Hall–Kier alpha value is -5.50. The molecule has 1 aliphatic rings. The van der Waals surface area contributed by atoms with Crippen LogP contribution in [0.1, 0.15) is 28.5 Å². The summed E-state index contributed by atoms with van der Waals surface area (Å²) >= 11 is 0. The maximum Gasteiger partial charge on any atom is 0.435 e. The zero-order valence-corrected chi connectivity index (χ0v) is 24.1. The number of ether oxygens (including phenoxy) is 1. The standard InChI is InChI=1S/C28H27F3N10O4/c1-16-18(26(43)36-17(2)27(44)39-10-6-33-7-11-39)3-4-20(22(16)45-15-42)37-24-25-35-13-21(41(25)12-8-34-24)19-14-40(9-5-32)38-23(19)28(29,30)31/h3-4,8,12-15,17,33H,6-7,9-11H2,1-2H3,(H,34,37)(H,36,43)/t17-/m1/s1. The highest BCUT2D eigenvalue weighted by atomic mass is 19.4. The van der Waals surface area contributed by atoms with Gasteiger partial charge in [0, 0.05) is 55.9 Å². The van der Waals surface area contributed by atoms with Crippen molar-refractivity contribution >= 4 is 35.4 Å². The Kier molecular flexibility index (Phi) is 8.68. The van der Waals surface area contributed by atoms with Crippen molar-refractivity contribution in [2.24, 2.45) is 0 Å². The van der Waals surface area contributed by atoms with Crippen LogP contribution in [0, 0.1) is 18.3 Å². The maximum atomic E-state index is 13.8. The van der Waals surface area contributed by atoms with Gasteiger partial charge in [-0.25, -0.2) is 9.97 Å². The van der Waals surface area contributed by atoms with Gasteiger partial charge in [0.05, 0.1) is 29.2 Å². The molecule has 0 spiro atoms. The largest absolute Gasteiger partial charge is 0.435 e. The molecule has 45 heavy (non-hydrogen) atoms. The molecule has 1 fully saturated rings. The Labute approximate surface area is 253 Å². The molecule has 234 valence electrons. The summed E-state index contributed by atoms with van der Waals surface area (Å²) < 4.78 is 48.9. The molecule has 4 aromatic rings. The number of rotatable bonds is 9. The van der Waals surface area contributed by atoms with Gasteiger partial charge in [-0.15, -0.1) is 0 Å². The SMILES string of the molecule is Cc1c(C(=O)N[C@H](C)C(=O)N2CCNCC2)ccc(Nc2nccn3c(-c4cn(CC#N)nc4C(F)(F)F)cnc23)c1OC=O. The summed E-state index contributed by atoms with van der Waals surface area (Å²) in [4.78, 5) is 47.6. The molecule has 2 amide bonds. The van der Waals surface area contributed by atoms with E-state index < -0.39 is 23.8 Å². The third-order valence-electron chi connectivity index (χ3n) is 7.18. The predicted molar refractivity (Wildman–Crippen MR) is 152 cm³/mol. The molecule has 14 nitrogen and oxygen atoms in total. The van der Waals surface area contributed by atoms with Crippen LogP contribution in [0.5, 0.6) is 5.75 Å². The van der Waals surface area contributed by atoms with E-state index in [2.05, 4.69) is 31.0 Å². The van der Waals surface area contributed by atoms with Crippen LogP contribution in [0.4, 0.5) is 24.7 Å². The number of halogens is 3. The molecule has 0 aliphatic carbocycles. The Morgan fingerprint density at radius 2 is 2.00 bits per heavy atom. The minimum absolute atomic E-state index is 0.00791. The quantitative estimate of drug-likeness (QED) is 0.235. The Morgan fingerprint density at radius 1 is 1.24 bits per heavy atom. The number of benzene rings is 1. The smallest absolute Gasteiger partial charge is 0.426 e. The molecule has 3 aromatic heterocycles. The van der Waals surface area contributed by atoms with Crippen LogP contribution >= 0.6 is 0 Å². The van der Waals surface area contributed by atoms with Gasteiger partial charge in [0.15, 0.2) is 22.9 Å². The summed E-state index contributed by atoms with van der Waals surface area (Å²) in [5.41, 5.74) is -0.648. The first kappa shape index (κ1) is 30.9. The van der Waals surface area contributed by atoms with E-state index >= 15 is 0 Å². The Morgan fingerprint density at radius 3 is 2.69 bits per heavy atom. The van der Waals surface area contributed by atoms with Crippen LogP contribution < -0.4 is 20.7 Å². The number of hydrogen-bond acceptors (Lipinski definition) is 10. The van der Waals surface area contributed by atoms with Crippen molar-refractivity contribution < 1.29 is 32.3 Å². The summed E-state index contributed by atoms with van der Waals surface area (Å²) in [6.07, 6.45) is 0.283. The number of amides is 2. The fourth-order valence-corrected chi connectivity index (χ4v) is 5.04. The molecule has 1 saturated heterocycles. The van der Waals surface area contributed by atoms with Gasteiger partial charge in [-0.3, -0.25) is 23.5 Å². The van der Waals surface area contributed by atoms with Crippen molar-refractivity contribution in [2.75, 3.05) is 31.5 Å². The number of nitrogens with one attached hydrogen (secondary N) is 3. The van der Waals surface area contributed by atoms with Gasteiger partial charge in [-0.05, 0) is 26.0 Å². The first-order chi connectivity index (χ1) is 21.5. The minimum atomic E-state index is -4.79. The molecule has 1 aliphatic heterocycles. The van der Waals surface area contributed by atoms with Gasteiger partial charge >= 0.3 is 6.18 Å². The van der Waals surface area contributed by atoms with Gasteiger partial charge in [0.1, 0.15) is 12.6 Å². The summed E-state index contributed by atoms with van der Waals surface area (Å²) in [7, 11) is 0. The topological polar surface area (TPSA) is 172 Å². The number of alkyl halides is 3. The third kappa shape index (κ3) is 6.26. The van der Waals surface area contributed by atoms with E-state index in [4.69, 9.17) is 10.00 Å². The van der Waals surface area contributed by atoms with E-state index in [1.165, 1.54) is 35.1 Å². The normalized spacial score (nSPS) is 14.1. The number of imidazole rings is 1. The lowest BCUT2D eigenvalue weighted by atomic mass is 10.0. The Balaban J connectivity index is 1.44. The van der Waals surface area contributed by atoms with E-state index in [1.807, 2.05) is 0 Å². The van der Waals surface area contributed by atoms with Crippen LogP contribution in [0.25, 0.3) is 16.9 Å². The molecular formula is C28H27F3N10O4. The van der Waals surface area contributed by atoms with E-state index in [0.717, 1.165) is 10.9 Å². The first-order valence-electron chi connectivity index (χ1n) is 13.7. The molecule has 0 radical (unpaired) electrons. The molecular weight excluding hydrogens is 597 g/mol. The highest BCUT2D eigenvalue weighted by molar-refractivity contribution is 6.00. The summed E-state index contributed by atoms with van der Waals surface area (Å²) in [5, 5.41) is 21.3. The van der Waals surface area contributed by atoms with E-state index in [1.54, 1.807) is 24.8 Å². The second kappa shape index (κ2) is 12.6. The van der Waals surface area contributed by atoms with Crippen LogP contribution in [0.15, 0.2) is 36.9 Å². The second-order valence-corrected chi connectivity index (χ2v) is 10.1. The molecule has 0 bridgehead atoms. The third-order valence-corrected chi connectivity index (χ3v) is 7.18. The van der Waals surface area contributed by atoms with Gasteiger partial charge < -0.3 is 25.6 Å². The average molecular weight is 625 g/mol. The predicted octanol–water partition coefficient (Wildman–Crippen LogP) is 2.27. The fourth-order valence-electron chi connectivity index (χ4n) is 5.04. The van der Waals surface area contributed by atoms with Crippen LogP contribution in [-0.2, 0) is 22.3 Å². The van der Waals surface area contributed by atoms with Crippen molar-refractivity contribution in [1.82, 2.24) is 39.7 Å². The molecule has 3 N–H and O–H groups in total. The number of nitriles is 1. The maximum absolute atomic E-state index is 13.8. The molecule has 0 saturated carbocycles. The fraction of sp³-hybridized carbons (Fsp3) is 0.321. The molecule has 0 unspecified atom stereocenters. The molecule has 1 atom stereocenters. The van der Waals surface area contributed by atoms with Gasteiger partial charge in [-0.2, -0.15) is 23.5 Å². The lowest BCUT2D eigenvalue weighted by Crippen LogP contribution is -2.53. The number of piperazine rings is 1. The number of carbonyl (C=O) groups is 3. The average Bonchev–Trinajstić information content (AvgIpc) is 3.64. The van der Waals surface area contributed by atoms with Crippen molar-refractivity contribution in [3.8, 4) is 23.1 Å². The molecule has 4 heterocycles. The first-order valence-corrected chi connectivity index (χ1v) is 13.7. The second-order valence-electron chi connectivity index (χ2n) is 10.1. The number of carbonyl (C=O) groups excluding carboxylic acids is 3. The van der Waals surface area contributed by atoms with Crippen LogP contribution in [-0.4, -0.2) is 79.6 Å². The lowest BCUT2D eigenvalue weighted by Gasteiger charge is -2.30. The highest BCUT2D eigenvalue weighted by Gasteiger charge is 2.38. The van der Waals surface area contributed by atoms with E-state index in [9.17, 15) is 27.6 Å². The molecule has 5 rings (SSSR count). The number of nitrogens with zero attached hydrogens (tertiary/aromatic N) is 7. The zero-order valence-electron chi connectivity index (χ0n) is 24.1. The molecule has 17 heteroatoms. The number of hydrogen-bond donors (Lipinski definition) is 3. The van der Waals surface area contributed by atoms with E-state index in [0.29, 0.717) is 26.2 Å². The van der Waals surface area contributed by atoms with Crippen molar-refractivity contribution in [3.63, 3.8) is 0 Å². The number of anilines is 2. The summed E-state index contributed by atoms with van der Waals surface area (Å²) in [6.45, 7) is 5.34. The summed E-state index contributed by atoms with van der Waals surface area (Å²) in [5.74, 6) is -0.680. The van der Waals surface area contributed by atoms with Gasteiger partial charge in [0.2, 0.25) is 5.91 Å². The minimum Gasteiger partial charge on any atom is -0.426 e. The number of aromatic nitrogens is 5. The van der Waals surface area contributed by atoms with Gasteiger partial charge in [0.25, 0.3) is 12.4 Å².